The zero-order chi connectivity index (χ0) is 14.8. The van der Waals surface area contributed by atoms with E-state index in [9.17, 15) is 13.5 Å². The van der Waals surface area contributed by atoms with Gasteiger partial charge in [-0.25, -0.2) is 13.1 Å². The van der Waals surface area contributed by atoms with Gasteiger partial charge in [-0.3, -0.25) is 0 Å². The van der Waals surface area contributed by atoms with Crippen LogP contribution in [0.4, 0.5) is 0 Å². The van der Waals surface area contributed by atoms with Gasteiger partial charge in [0.1, 0.15) is 0 Å². The summed E-state index contributed by atoms with van der Waals surface area (Å²) in [5.74, 6) is 1.91. The molecule has 1 aliphatic heterocycles. The molecule has 2 N–H and O–H groups in total. The lowest BCUT2D eigenvalue weighted by Crippen LogP contribution is -2.38. The molecule has 0 bridgehead atoms. The Kier molecular flexibility index (Phi) is 5.53. The highest BCUT2D eigenvalue weighted by Gasteiger charge is 2.25. The molecule has 1 aliphatic rings. The lowest BCUT2D eigenvalue weighted by atomic mass is 10.1. The number of aliphatic hydroxyl groups excluding tert-OH is 1. The lowest BCUT2D eigenvalue weighted by molar-refractivity contribution is 0.281. The first-order valence-corrected chi connectivity index (χ1v) is 9.87. The highest BCUT2D eigenvalue weighted by molar-refractivity contribution is 9.10. The van der Waals surface area contributed by atoms with Crippen molar-refractivity contribution in [1.29, 1.82) is 0 Å². The van der Waals surface area contributed by atoms with Gasteiger partial charge in [0, 0.05) is 16.3 Å². The van der Waals surface area contributed by atoms with Crippen LogP contribution >= 0.6 is 27.7 Å². The molecule has 1 unspecified atom stereocenters. The second-order valence-electron chi connectivity index (χ2n) is 4.92. The number of hydrogen-bond donors (Lipinski definition) is 2. The maximum Gasteiger partial charge on any atom is 0.241 e. The molecule has 1 aromatic carbocycles. The number of rotatable bonds is 4. The summed E-state index contributed by atoms with van der Waals surface area (Å²) in [5, 5.41) is 9.23. The molecule has 4 nitrogen and oxygen atoms in total. The van der Waals surface area contributed by atoms with Gasteiger partial charge in [0.05, 0.1) is 11.5 Å². The molecule has 2 rings (SSSR count). The van der Waals surface area contributed by atoms with Crippen molar-refractivity contribution in [1.82, 2.24) is 4.72 Å². The summed E-state index contributed by atoms with van der Waals surface area (Å²) < 4.78 is 28.4. The Balaban J connectivity index is 2.30. The van der Waals surface area contributed by atoms with Crippen LogP contribution in [0.3, 0.4) is 0 Å². The van der Waals surface area contributed by atoms with Crippen LogP contribution in [0.2, 0.25) is 0 Å². The Labute approximate surface area is 132 Å². The van der Waals surface area contributed by atoms with Crippen molar-refractivity contribution in [3.8, 4) is 0 Å². The van der Waals surface area contributed by atoms with Crippen molar-refractivity contribution in [2.45, 2.75) is 37.3 Å². The molecule has 0 saturated carbocycles. The third-order valence-corrected chi connectivity index (χ3v) is 7.31. The Morgan fingerprint density at radius 1 is 1.50 bits per heavy atom. The first-order valence-electron chi connectivity index (χ1n) is 6.44. The molecule has 1 heterocycles. The van der Waals surface area contributed by atoms with Crippen LogP contribution in [-0.4, -0.2) is 31.1 Å². The Morgan fingerprint density at radius 3 is 2.85 bits per heavy atom. The number of benzene rings is 1. The molecule has 1 atom stereocenters. The van der Waals surface area contributed by atoms with Gasteiger partial charge < -0.3 is 5.11 Å². The van der Waals surface area contributed by atoms with Gasteiger partial charge in [-0.2, -0.15) is 11.8 Å². The second-order valence-corrected chi connectivity index (χ2v) is 8.54. The average Bonchev–Trinajstić information content (AvgIpc) is 2.42. The fourth-order valence-electron chi connectivity index (χ4n) is 2.21. The van der Waals surface area contributed by atoms with Crippen molar-refractivity contribution in [3.05, 3.63) is 27.7 Å². The molecule has 1 fully saturated rings. The SMILES string of the molecule is Cc1cc(CO)cc(S(=O)(=O)NC2CCCSC2)c1Br. The van der Waals surface area contributed by atoms with Gasteiger partial charge in [0.15, 0.2) is 0 Å². The van der Waals surface area contributed by atoms with Crippen LogP contribution in [0.15, 0.2) is 21.5 Å². The minimum Gasteiger partial charge on any atom is -0.392 e. The fraction of sp³-hybridized carbons (Fsp3) is 0.538. The van der Waals surface area contributed by atoms with Gasteiger partial charge in [-0.15, -0.1) is 0 Å². The Bertz CT molecular complexity index is 584. The van der Waals surface area contributed by atoms with Gasteiger partial charge in [0.2, 0.25) is 10.0 Å². The van der Waals surface area contributed by atoms with Crippen LogP contribution in [0.25, 0.3) is 0 Å². The normalized spacial score (nSPS) is 20.1. The quantitative estimate of drug-likeness (QED) is 0.842. The summed E-state index contributed by atoms with van der Waals surface area (Å²) in [6, 6.07) is 3.29. The van der Waals surface area contributed by atoms with Gasteiger partial charge in [-0.05, 0) is 58.6 Å². The van der Waals surface area contributed by atoms with E-state index >= 15 is 0 Å². The first kappa shape index (κ1) is 16.3. The molecule has 1 aromatic rings. The molecular weight excluding hydrogens is 362 g/mol. The average molecular weight is 380 g/mol. The molecule has 0 amide bonds. The van der Waals surface area contributed by atoms with Crippen LogP contribution in [-0.2, 0) is 16.6 Å². The summed E-state index contributed by atoms with van der Waals surface area (Å²) >= 11 is 5.11. The molecule has 1 saturated heterocycles. The molecule has 20 heavy (non-hydrogen) atoms. The second kappa shape index (κ2) is 6.79. The zero-order valence-electron chi connectivity index (χ0n) is 11.2. The van der Waals surface area contributed by atoms with E-state index in [1.165, 1.54) is 6.07 Å². The molecule has 0 radical (unpaired) electrons. The molecule has 0 aliphatic carbocycles. The highest BCUT2D eigenvalue weighted by Crippen LogP contribution is 2.28. The van der Waals surface area contributed by atoms with Crippen molar-refractivity contribution >= 4 is 37.7 Å². The topological polar surface area (TPSA) is 66.4 Å². The smallest absolute Gasteiger partial charge is 0.241 e. The summed E-state index contributed by atoms with van der Waals surface area (Å²) in [4.78, 5) is 0.206. The standard InChI is InChI=1S/C13H18BrNO3S2/c1-9-5-10(7-16)6-12(13(9)14)20(17,18)15-11-3-2-4-19-8-11/h5-6,11,15-16H,2-4,7-8H2,1H3. The van der Waals surface area contributed by atoms with Crippen LogP contribution < -0.4 is 4.72 Å². The van der Waals surface area contributed by atoms with E-state index in [0.717, 1.165) is 29.9 Å². The number of aliphatic hydroxyl groups is 1. The van der Waals surface area contributed by atoms with E-state index in [0.29, 0.717) is 10.0 Å². The van der Waals surface area contributed by atoms with Crippen LogP contribution in [0, 0.1) is 6.92 Å². The van der Waals surface area contributed by atoms with Gasteiger partial charge >= 0.3 is 0 Å². The molecule has 7 heteroatoms. The third kappa shape index (κ3) is 3.76. The summed E-state index contributed by atoms with van der Waals surface area (Å²) in [6.45, 7) is 1.65. The number of sulfonamides is 1. The van der Waals surface area contributed by atoms with Crippen molar-refractivity contribution in [2.75, 3.05) is 11.5 Å². The predicted molar refractivity (Wildman–Crippen MR) is 85.5 cm³/mol. The van der Waals surface area contributed by atoms with E-state index in [1.807, 2.05) is 6.92 Å². The van der Waals surface area contributed by atoms with E-state index in [2.05, 4.69) is 20.7 Å². The Morgan fingerprint density at radius 2 is 2.25 bits per heavy atom. The molecule has 0 aromatic heterocycles. The maximum atomic E-state index is 12.5. The number of nitrogens with one attached hydrogen (secondary N) is 1. The number of thioether (sulfide) groups is 1. The van der Waals surface area contributed by atoms with Crippen LogP contribution in [0.5, 0.6) is 0 Å². The van der Waals surface area contributed by atoms with E-state index in [-0.39, 0.29) is 17.5 Å². The van der Waals surface area contributed by atoms with E-state index < -0.39 is 10.0 Å². The minimum absolute atomic E-state index is 0.0104. The molecule has 112 valence electrons. The first-order chi connectivity index (χ1) is 9.44. The third-order valence-electron chi connectivity index (χ3n) is 3.24. The van der Waals surface area contributed by atoms with Gasteiger partial charge in [0.25, 0.3) is 0 Å². The molecular formula is C13H18BrNO3S2. The summed E-state index contributed by atoms with van der Waals surface area (Å²) in [5.41, 5.74) is 1.40. The highest BCUT2D eigenvalue weighted by atomic mass is 79.9. The van der Waals surface area contributed by atoms with Crippen molar-refractivity contribution in [3.63, 3.8) is 0 Å². The summed E-state index contributed by atoms with van der Waals surface area (Å²) in [7, 11) is -3.57. The number of aryl methyl sites for hydroxylation is 1. The van der Waals surface area contributed by atoms with E-state index in [1.54, 1.807) is 17.8 Å². The van der Waals surface area contributed by atoms with E-state index in [4.69, 9.17) is 0 Å². The van der Waals surface area contributed by atoms with Crippen molar-refractivity contribution < 1.29 is 13.5 Å². The minimum atomic E-state index is -3.57. The monoisotopic (exact) mass is 379 g/mol. The number of hydrogen-bond acceptors (Lipinski definition) is 4. The fourth-order valence-corrected chi connectivity index (χ4v) is 5.73. The Hall–Kier alpha value is -0.0800. The van der Waals surface area contributed by atoms with Crippen molar-refractivity contribution in [2.24, 2.45) is 0 Å². The predicted octanol–water partition coefficient (Wildman–Crippen LogP) is 2.42. The zero-order valence-corrected chi connectivity index (χ0v) is 14.4. The van der Waals surface area contributed by atoms with Crippen LogP contribution in [0.1, 0.15) is 24.0 Å². The largest absolute Gasteiger partial charge is 0.392 e. The maximum absolute atomic E-state index is 12.5. The summed E-state index contributed by atoms with van der Waals surface area (Å²) in [6.07, 6.45) is 1.91. The van der Waals surface area contributed by atoms with Gasteiger partial charge in [-0.1, -0.05) is 6.07 Å². The lowest BCUT2D eigenvalue weighted by Gasteiger charge is -2.23. The number of halogens is 1. The molecule has 0 spiro atoms.